The predicted octanol–water partition coefficient (Wildman–Crippen LogP) is 5.25. The highest BCUT2D eigenvalue weighted by molar-refractivity contribution is 7.13. The summed E-state index contributed by atoms with van der Waals surface area (Å²) in [4.78, 5) is 27.0. The molecular weight excluding hydrogens is 430 g/mol. The van der Waals surface area contributed by atoms with Gasteiger partial charge in [-0.15, -0.1) is 11.3 Å². The summed E-state index contributed by atoms with van der Waals surface area (Å²) in [7, 11) is 1.61. The third-order valence-corrected chi connectivity index (χ3v) is 6.08. The Morgan fingerprint density at radius 3 is 2.47 bits per heavy atom. The Balaban J connectivity index is 1.72. The van der Waals surface area contributed by atoms with Crippen LogP contribution in [0.1, 0.15) is 21.6 Å². The Morgan fingerprint density at radius 2 is 1.88 bits per heavy atom. The Labute approximate surface area is 187 Å². The number of rotatable bonds is 7. The number of ether oxygens (including phenoxy) is 1. The van der Waals surface area contributed by atoms with Crippen LogP contribution in [0, 0.1) is 17.0 Å². The lowest BCUT2D eigenvalue weighted by Gasteiger charge is -2.11. The van der Waals surface area contributed by atoms with E-state index in [1.807, 2.05) is 34.2 Å². The highest BCUT2D eigenvalue weighted by atomic mass is 32.1. The Kier molecular flexibility index (Phi) is 5.74. The molecule has 0 bridgehead atoms. The van der Waals surface area contributed by atoms with Crippen LogP contribution in [0.3, 0.4) is 0 Å². The molecule has 1 N–H and O–H groups in total. The Bertz CT molecular complexity index is 1290. The van der Waals surface area contributed by atoms with Gasteiger partial charge in [-0.25, -0.2) is 9.78 Å². The van der Waals surface area contributed by atoms with Gasteiger partial charge in [0.1, 0.15) is 10.8 Å². The highest BCUT2D eigenvalue weighted by Gasteiger charge is 2.20. The zero-order valence-corrected chi connectivity index (χ0v) is 18.1. The maximum atomic E-state index is 11.8. The van der Waals surface area contributed by atoms with Crippen LogP contribution in [0.4, 0.5) is 5.69 Å². The van der Waals surface area contributed by atoms with Crippen molar-refractivity contribution >= 4 is 23.0 Å². The third-order valence-electron chi connectivity index (χ3n) is 5.19. The van der Waals surface area contributed by atoms with Crippen molar-refractivity contribution in [1.29, 1.82) is 0 Å². The molecule has 0 fully saturated rings. The summed E-state index contributed by atoms with van der Waals surface area (Å²) in [5.74, 6) is -0.263. The summed E-state index contributed by atoms with van der Waals surface area (Å²) < 4.78 is 7.07. The van der Waals surface area contributed by atoms with Crippen molar-refractivity contribution in [2.24, 2.45) is 0 Å². The van der Waals surface area contributed by atoms with E-state index in [4.69, 9.17) is 9.72 Å². The van der Waals surface area contributed by atoms with Gasteiger partial charge < -0.3 is 14.4 Å². The number of benzene rings is 2. The van der Waals surface area contributed by atoms with E-state index in [1.54, 1.807) is 32.2 Å². The van der Waals surface area contributed by atoms with E-state index >= 15 is 0 Å². The minimum Gasteiger partial charge on any atom is -0.497 e. The number of nitrogens with zero attached hydrogens (tertiary/aromatic N) is 3. The van der Waals surface area contributed by atoms with Crippen molar-refractivity contribution in [2.45, 2.75) is 13.5 Å². The van der Waals surface area contributed by atoms with E-state index in [0.29, 0.717) is 23.6 Å². The quantitative estimate of drug-likeness (QED) is 0.305. The van der Waals surface area contributed by atoms with Gasteiger partial charge >= 0.3 is 5.97 Å². The molecule has 0 aliphatic carbocycles. The number of thiazole rings is 1. The highest BCUT2D eigenvalue weighted by Crippen LogP contribution is 2.32. The van der Waals surface area contributed by atoms with Crippen LogP contribution >= 0.6 is 11.3 Å². The van der Waals surface area contributed by atoms with E-state index in [9.17, 15) is 20.0 Å². The summed E-state index contributed by atoms with van der Waals surface area (Å²) in [6.07, 6.45) is 0. The third kappa shape index (κ3) is 4.10. The molecule has 0 aliphatic rings. The zero-order valence-electron chi connectivity index (χ0n) is 17.3. The normalized spacial score (nSPS) is 10.8. The summed E-state index contributed by atoms with van der Waals surface area (Å²) in [6.45, 7) is 2.11. The lowest BCUT2D eigenvalue weighted by Crippen LogP contribution is -2.06. The number of nitro benzene ring substituents is 1. The van der Waals surface area contributed by atoms with Crippen molar-refractivity contribution in [3.63, 3.8) is 0 Å². The first kappa shape index (κ1) is 21.3. The number of carboxylic acid groups (broad SMARTS) is 1. The van der Waals surface area contributed by atoms with Crippen LogP contribution in [0.15, 0.2) is 60.0 Å². The van der Waals surface area contributed by atoms with Crippen LogP contribution in [0.2, 0.25) is 0 Å². The number of aromatic nitrogens is 2. The standard InChI is InChI=1S/C23H19N3O5S/c1-14-19(23(27)28)11-21(25(14)12-15-3-7-17(8-4-15)26(29)30)20-13-32-22(24-20)16-5-9-18(31-2)10-6-16/h3-11,13H,12H2,1-2H3,(H,27,28). The molecule has 0 unspecified atom stereocenters. The maximum absolute atomic E-state index is 11.8. The summed E-state index contributed by atoms with van der Waals surface area (Å²) in [5, 5.41) is 23.2. The van der Waals surface area contributed by atoms with Crippen LogP contribution in [0.25, 0.3) is 22.0 Å². The number of non-ortho nitro benzene ring substituents is 1. The van der Waals surface area contributed by atoms with Gasteiger partial charge in [-0.2, -0.15) is 0 Å². The smallest absolute Gasteiger partial charge is 0.337 e. The number of nitro groups is 1. The van der Waals surface area contributed by atoms with Crippen molar-refractivity contribution in [3.05, 3.63) is 86.9 Å². The number of aromatic carboxylic acids is 1. The molecule has 162 valence electrons. The molecule has 2 aromatic carbocycles. The van der Waals surface area contributed by atoms with Crippen molar-refractivity contribution < 1.29 is 19.6 Å². The predicted molar refractivity (Wildman–Crippen MR) is 121 cm³/mol. The van der Waals surface area contributed by atoms with Crippen LogP contribution in [-0.4, -0.2) is 32.7 Å². The lowest BCUT2D eigenvalue weighted by molar-refractivity contribution is -0.384. The van der Waals surface area contributed by atoms with Gasteiger partial charge in [0.2, 0.25) is 0 Å². The van der Waals surface area contributed by atoms with Crippen molar-refractivity contribution in [3.8, 4) is 27.7 Å². The molecule has 0 saturated carbocycles. The lowest BCUT2D eigenvalue weighted by atomic mass is 10.2. The van der Waals surface area contributed by atoms with Gasteiger partial charge in [0.15, 0.2) is 0 Å². The van der Waals surface area contributed by atoms with Crippen LogP contribution in [-0.2, 0) is 6.54 Å². The van der Waals surface area contributed by atoms with Gasteiger partial charge in [-0.05, 0) is 42.8 Å². The monoisotopic (exact) mass is 449 g/mol. The molecule has 0 radical (unpaired) electrons. The average Bonchev–Trinajstić information content (AvgIpc) is 3.40. The van der Waals surface area contributed by atoms with Crippen molar-refractivity contribution in [1.82, 2.24) is 9.55 Å². The second kappa shape index (κ2) is 8.64. The topological polar surface area (TPSA) is 107 Å². The SMILES string of the molecule is COc1ccc(-c2nc(-c3cc(C(=O)O)c(C)n3Cc3ccc([N+](=O)[O-])cc3)cs2)cc1. The molecule has 0 atom stereocenters. The molecule has 4 rings (SSSR count). The number of carboxylic acids is 1. The van der Waals surface area contributed by atoms with E-state index in [2.05, 4.69) is 0 Å². The first-order valence-electron chi connectivity index (χ1n) is 9.64. The zero-order chi connectivity index (χ0) is 22.8. The number of carbonyl (C=O) groups is 1. The van der Waals surface area contributed by atoms with Gasteiger partial charge in [0.25, 0.3) is 5.69 Å². The van der Waals surface area contributed by atoms with E-state index in [1.165, 1.54) is 23.5 Å². The minimum absolute atomic E-state index is 0.00746. The van der Waals surface area contributed by atoms with Crippen LogP contribution in [0.5, 0.6) is 5.75 Å². The summed E-state index contributed by atoms with van der Waals surface area (Å²) in [6, 6.07) is 15.4. The molecule has 2 heterocycles. The van der Waals surface area contributed by atoms with E-state index in [-0.39, 0.29) is 11.3 Å². The molecule has 0 aliphatic heterocycles. The van der Waals surface area contributed by atoms with E-state index in [0.717, 1.165) is 21.9 Å². The van der Waals surface area contributed by atoms with Gasteiger partial charge in [0, 0.05) is 35.3 Å². The first-order valence-corrected chi connectivity index (χ1v) is 10.5. The molecule has 0 spiro atoms. The molecular formula is C23H19N3O5S. The number of hydrogen-bond acceptors (Lipinski definition) is 6. The largest absolute Gasteiger partial charge is 0.497 e. The Hall–Kier alpha value is -3.98. The summed E-state index contributed by atoms with van der Waals surface area (Å²) >= 11 is 1.47. The number of methoxy groups -OCH3 is 1. The van der Waals surface area contributed by atoms with Gasteiger partial charge in [0.05, 0.1) is 29.0 Å². The molecule has 9 heteroatoms. The molecule has 0 amide bonds. The van der Waals surface area contributed by atoms with Crippen LogP contribution < -0.4 is 4.74 Å². The maximum Gasteiger partial charge on any atom is 0.337 e. The average molecular weight is 449 g/mol. The van der Waals surface area contributed by atoms with Gasteiger partial charge in [-0.1, -0.05) is 12.1 Å². The molecule has 0 saturated heterocycles. The van der Waals surface area contributed by atoms with E-state index < -0.39 is 10.9 Å². The fourth-order valence-corrected chi connectivity index (χ4v) is 4.26. The minimum atomic E-state index is -1.02. The first-order chi connectivity index (χ1) is 15.4. The summed E-state index contributed by atoms with van der Waals surface area (Å²) in [5.41, 5.74) is 3.88. The molecule has 8 nitrogen and oxygen atoms in total. The van der Waals surface area contributed by atoms with Gasteiger partial charge in [-0.3, -0.25) is 10.1 Å². The Morgan fingerprint density at radius 1 is 1.19 bits per heavy atom. The molecule has 2 aromatic heterocycles. The fraction of sp³-hybridized carbons (Fsp3) is 0.130. The molecule has 32 heavy (non-hydrogen) atoms. The second-order valence-corrected chi connectivity index (χ2v) is 7.97. The molecule has 4 aromatic rings. The second-order valence-electron chi connectivity index (χ2n) is 7.11. The van der Waals surface area contributed by atoms with Crippen molar-refractivity contribution in [2.75, 3.05) is 7.11 Å². The fourth-order valence-electron chi connectivity index (χ4n) is 3.44. The number of hydrogen-bond donors (Lipinski definition) is 1.